The molecule has 5 rings (SSSR count). The predicted octanol–water partition coefficient (Wildman–Crippen LogP) is 4.49. The number of nitrogens with one attached hydrogen (secondary N) is 2. The number of nitrogens with zero attached hydrogens (tertiary/aromatic N) is 6. The molecule has 1 amide bonds. The van der Waals surface area contributed by atoms with Gasteiger partial charge in [-0.05, 0) is 23.9 Å². The number of anilines is 2. The second-order valence-corrected chi connectivity index (χ2v) is 8.78. The quantitative estimate of drug-likeness (QED) is 0.303. The van der Waals surface area contributed by atoms with Gasteiger partial charge in [0.2, 0.25) is 29.3 Å². The van der Waals surface area contributed by atoms with Crippen LogP contribution in [0.3, 0.4) is 0 Å². The molecule has 0 unspecified atom stereocenters. The molecule has 0 radical (unpaired) electrons. The summed E-state index contributed by atoms with van der Waals surface area (Å²) in [7, 11) is 0. The monoisotopic (exact) mass is 490 g/mol. The molecule has 0 saturated heterocycles. The Kier molecular flexibility index (Phi) is 6.44. The zero-order chi connectivity index (χ0) is 24.2. The first-order valence-corrected chi connectivity index (χ1v) is 11.9. The molecule has 12 heteroatoms. The molecule has 0 fully saturated rings. The van der Waals surface area contributed by atoms with E-state index in [9.17, 15) is 4.79 Å². The van der Waals surface area contributed by atoms with Gasteiger partial charge in [0.25, 0.3) is 0 Å². The molecular formula is C23H22N8O3S. The molecule has 4 aromatic heterocycles. The van der Waals surface area contributed by atoms with Crippen LogP contribution in [0, 0.1) is 6.92 Å². The van der Waals surface area contributed by atoms with E-state index in [-0.39, 0.29) is 12.3 Å². The first-order chi connectivity index (χ1) is 17.1. The number of aryl methyl sites for hydroxylation is 2. The Hall–Kier alpha value is -4.19. The molecule has 0 spiro atoms. The molecule has 0 bridgehead atoms. The first-order valence-electron chi connectivity index (χ1n) is 11.1. The van der Waals surface area contributed by atoms with Gasteiger partial charge in [-0.15, -0.1) is 0 Å². The Morgan fingerprint density at radius 1 is 1.09 bits per heavy atom. The van der Waals surface area contributed by atoms with Crippen LogP contribution in [-0.2, 0) is 11.2 Å². The van der Waals surface area contributed by atoms with Crippen molar-refractivity contribution < 1.29 is 13.8 Å². The Balaban J connectivity index is 1.20. The molecule has 178 valence electrons. The lowest BCUT2D eigenvalue weighted by Crippen LogP contribution is -2.16. The lowest BCUT2D eigenvalue weighted by molar-refractivity contribution is -0.115. The Morgan fingerprint density at radius 3 is 2.80 bits per heavy atom. The van der Waals surface area contributed by atoms with Gasteiger partial charge in [0.1, 0.15) is 5.82 Å². The number of carbonyl (C=O) groups is 1. The minimum Gasteiger partial charge on any atom is -0.369 e. The van der Waals surface area contributed by atoms with Crippen molar-refractivity contribution in [3.63, 3.8) is 0 Å². The molecule has 0 atom stereocenters. The van der Waals surface area contributed by atoms with Crippen molar-refractivity contribution in [2.24, 2.45) is 0 Å². The Bertz CT molecular complexity index is 1470. The van der Waals surface area contributed by atoms with Crippen molar-refractivity contribution in [1.29, 1.82) is 0 Å². The molecule has 0 aliphatic rings. The second-order valence-electron chi connectivity index (χ2n) is 7.75. The third kappa shape index (κ3) is 5.17. The van der Waals surface area contributed by atoms with Gasteiger partial charge in [-0.3, -0.25) is 4.79 Å². The number of amides is 1. The van der Waals surface area contributed by atoms with Gasteiger partial charge >= 0.3 is 0 Å². The van der Waals surface area contributed by atoms with Gasteiger partial charge in [-0.2, -0.15) is 9.97 Å². The average Bonchev–Trinajstić information content (AvgIpc) is 3.61. The summed E-state index contributed by atoms with van der Waals surface area (Å²) in [5.74, 6) is 2.60. The summed E-state index contributed by atoms with van der Waals surface area (Å²) in [4.78, 5) is 30.5. The Morgan fingerprint density at radius 2 is 1.97 bits per heavy atom. The minimum absolute atomic E-state index is 0.165. The molecule has 0 aliphatic heterocycles. The van der Waals surface area contributed by atoms with Crippen LogP contribution >= 0.6 is 11.3 Å². The maximum Gasteiger partial charge on any atom is 0.227 e. The van der Waals surface area contributed by atoms with E-state index >= 15 is 0 Å². The van der Waals surface area contributed by atoms with Gasteiger partial charge in [-0.25, -0.2) is 9.97 Å². The number of benzene rings is 1. The third-order valence-corrected chi connectivity index (χ3v) is 6.01. The topological polar surface area (TPSA) is 145 Å². The SMILES string of the molecule is CCCc1nc(-c2cnc(NC(=O)CCNc3nccc4ccc(-c5noc(C)n5)cc34)s2)no1. The summed E-state index contributed by atoms with van der Waals surface area (Å²) in [6.07, 6.45) is 5.24. The highest BCUT2D eigenvalue weighted by Crippen LogP contribution is 2.28. The number of hydrogen-bond donors (Lipinski definition) is 2. The van der Waals surface area contributed by atoms with E-state index in [4.69, 9.17) is 9.05 Å². The minimum atomic E-state index is -0.165. The highest BCUT2D eigenvalue weighted by Gasteiger charge is 2.14. The fourth-order valence-electron chi connectivity index (χ4n) is 3.45. The molecule has 0 aliphatic carbocycles. The van der Waals surface area contributed by atoms with Gasteiger partial charge in [0.05, 0.1) is 11.1 Å². The van der Waals surface area contributed by atoms with Crippen molar-refractivity contribution in [2.75, 3.05) is 17.2 Å². The Labute approximate surface area is 204 Å². The number of pyridine rings is 1. The highest BCUT2D eigenvalue weighted by atomic mass is 32.1. The number of fused-ring (bicyclic) bond motifs is 1. The van der Waals surface area contributed by atoms with E-state index in [2.05, 4.69) is 40.9 Å². The van der Waals surface area contributed by atoms with Crippen molar-refractivity contribution in [1.82, 2.24) is 30.2 Å². The van der Waals surface area contributed by atoms with Crippen LogP contribution in [0.5, 0.6) is 0 Å². The van der Waals surface area contributed by atoms with Gasteiger partial charge in [0.15, 0.2) is 5.13 Å². The van der Waals surface area contributed by atoms with E-state index < -0.39 is 0 Å². The predicted molar refractivity (Wildman–Crippen MR) is 131 cm³/mol. The third-order valence-electron chi connectivity index (χ3n) is 5.10. The van der Waals surface area contributed by atoms with Crippen molar-refractivity contribution in [2.45, 2.75) is 33.1 Å². The number of thiazole rings is 1. The maximum absolute atomic E-state index is 12.5. The smallest absolute Gasteiger partial charge is 0.227 e. The standard InChI is InChI=1S/C23H22N8O3S/c1-3-4-19-29-22(31-34-19)17-12-26-23(35-17)28-18(32)8-10-25-21-16-11-15(20-27-13(2)33-30-20)6-5-14(16)7-9-24-21/h5-7,9,11-12H,3-4,8,10H2,1-2H3,(H,24,25)(H,26,28,32). The molecule has 1 aromatic carbocycles. The largest absolute Gasteiger partial charge is 0.369 e. The maximum atomic E-state index is 12.5. The van der Waals surface area contributed by atoms with E-state index in [0.29, 0.717) is 40.9 Å². The van der Waals surface area contributed by atoms with E-state index in [1.54, 1.807) is 19.3 Å². The average molecular weight is 491 g/mol. The highest BCUT2D eigenvalue weighted by molar-refractivity contribution is 7.19. The lowest BCUT2D eigenvalue weighted by atomic mass is 10.1. The zero-order valence-corrected chi connectivity index (χ0v) is 19.9. The van der Waals surface area contributed by atoms with E-state index in [0.717, 1.165) is 34.1 Å². The van der Waals surface area contributed by atoms with Crippen molar-refractivity contribution in [3.05, 3.63) is 48.4 Å². The fourth-order valence-corrected chi connectivity index (χ4v) is 4.20. The van der Waals surface area contributed by atoms with Crippen LogP contribution in [-0.4, -0.2) is 42.7 Å². The van der Waals surface area contributed by atoms with Crippen LogP contribution in [0.25, 0.3) is 32.9 Å². The van der Waals surface area contributed by atoms with Crippen molar-refractivity contribution in [3.8, 4) is 22.1 Å². The van der Waals surface area contributed by atoms with E-state index in [1.807, 2.05) is 31.2 Å². The van der Waals surface area contributed by atoms with Gasteiger partial charge in [0, 0.05) is 43.5 Å². The fraction of sp³-hybridized carbons (Fsp3) is 0.261. The first kappa shape index (κ1) is 22.6. The summed E-state index contributed by atoms with van der Waals surface area (Å²) < 4.78 is 10.3. The molecule has 11 nitrogen and oxygen atoms in total. The lowest BCUT2D eigenvalue weighted by Gasteiger charge is -2.09. The molecule has 2 N–H and O–H groups in total. The summed E-state index contributed by atoms with van der Waals surface area (Å²) in [5, 5.41) is 16.4. The summed E-state index contributed by atoms with van der Waals surface area (Å²) in [6, 6.07) is 7.79. The van der Waals surface area contributed by atoms with Crippen LogP contribution in [0.2, 0.25) is 0 Å². The molecule has 0 saturated carbocycles. The zero-order valence-electron chi connectivity index (χ0n) is 19.1. The summed E-state index contributed by atoms with van der Waals surface area (Å²) in [6.45, 7) is 4.19. The van der Waals surface area contributed by atoms with Crippen LogP contribution < -0.4 is 10.6 Å². The molecule has 35 heavy (non-hydrogen) atoms. The molecular weight excluding hydrogens is 468 g/mol. The summed E-state index contributed by atoms with van der Waals surface area (Å²) >= 11 is 1.30. The van der Waals surface area contributed by atoms with E-state index in [1.165, 1.54) is 11.3 Å². The number of carbonyl (C=O) groups excluding carboxylic acids is 1. The number of hydrogen-bond acceptors (Lipinski definition) is 11. The van der Waals surface area contributed by atoms with Crippen LogP contribution in [0.15, 0.2) is 45.7 Å². The van der Waals surface area contributed by atoms with Gasteiger partial charge in [-0.1, -0.05) is 40.7 Å². The molecule has 4 heterocycles. The van der Waals surface area contributed by atoms with Gasteiger partial charge < -0.3 is 19.7 Å². The second kappa shape index (κ2) is 9.97. The van der Waals surface area contributed by atoms with Crippen LogP contribution in [0.1, 0.15) is 31.5 Å². The van der Waals surface area contributed by atoms with Crippen LogP contribution in [0.4, 0.5) is 10.9 Å². The number of rotatable bonds is 9. The number of aromatic nitrogens is 6. The normalized spacial score (nSPS) is 11.1. The summed E-state index contributed by atoms with van der Waals surface area (Å²) in [5.41, 5.74) is 0.825. The molecule has 5 aromatic rings. The van der Waals surface area contributed by atoms with Crippen molar-refractivity contribution >= 4 is 39.0 Å².